The number of carbonyl (C=O) groups excluding carboxylic acids is 3. The van der Waals surface area contributed by atoms with E-state index in [0.717, 1.165) is 11.3 Å². The first-order valence-corrected chi connectivity index (χ1v) is 11.3. The van der Waals surface area contributed by atoms with Crippen LogP contribution in [0.5, 0.6) is 5.75 Å². The highest BCUT2D eigenvalue weighted by Gasteiger charge is 2.35. The maximum Gasteiger partial charge on any atom is 0.261 e. The molecule has 0 unspecified atom stereocenters. The highest BCUT2D eigenvalue weighted by atomic mass is 16.5. The number of ether oxygens (including phenoxy) is 1. The van der Waals surface area contributed by atoms with E-state index in [0.29, 0.717) is 12.2 Å². The summed E-state index contributed by atoms with van der Waals surface area (Å²) in [6.07, 6.45) is 3.38. The molecule has 0 saturated heterocycles. The van der Waals surface area contributed by atoms with E-state index >= 15 is 0 Å². The predicted molar refractivity (Wildman–Crippen MR) is 133 cm³/mol. The fourth-order valence-electron chi connectivity index (χ4n) is 4.05. The Morgan fingerprint density at radius 3 is 2.54 bits per heavy atom. The fraction of sp³-hybridized carbons (Fsp3) is 0.111. The van der Waals surface area contributed by atoms with Gasteiger partial charge in [0.2, 0.25) is 0 Å². The van der Waals surface area contributed by atoms with Crippen molar-refractivity contribution in [2.45, 2.75) is 6.42 Å². The van der Waals surface area contributed by atoms with Crippen LogP contribution in [0.3, 0.4) is 0 Å². The van der Waals surface area contributed by atoms with E-state index in [4.69, 9.17) is 4.74 Å². The number of anilines is 1. The Bertz CT molecular complexity index is 1550. The smallest absolute Gasteiger partial charge is 0.261 e. The summed E-state index contributed by atoms with van der Waals surface area (Å²) in [5, 5.41) is 16.3. The van der Waals surface area contributed by atoms with Crippen LogP contribution in [-0.2, 0) is 6.42 Å². The Kier molecular flexibility index (Phi) is 6.18. The number of aromatic nitrogens is 3. The second kappa shape index (κ2) is 9.75. The lowest BCUT2D eigenvalue weighted by molar-refractivity contribution is 0.0656. The van der Waals surface area contributed by atoms with E-state index in [2.05, 4.69) is 15.4 Å². The predicted octanol–water partition coefficient (Wildman–Crippen LogP) is 3.24. The molecular formula is C27H20N6O4. The molecular weight excluding hydrogens is 472 g/mol. The zero-order valence-electron chi connectivity index (χ0n) is 19.7. The van der Waals surface area contributed by atoms with Gasteiger partial charge in [-0.2, -0.15) is 15.0 Å². The van der Waals surface area contributed by atoms with Gasteiger partial charge in [-0.1, -0.05) is 18.2 Å². The molecule has 0 atom stereocenters. The van der Waals surface area contributed by atoms with Gasteiger partial charge < -0.3 is 10.1 Å². The van der Waals surface area contributed by atoms with Crippen LogP contribution in [0.4, 0.5) is 5.82 Å². The van der Waals surface area contributed by atoms with Gasteiger partial charge in [-0.05, 0) is 54.4 Å². The van der Waals surface area contributed by atoms with Crippen LogP contribution >= 0.6 is 0 Å². The van der Waals surface area contributed by atoms with Crippen molar-refractivity contribution < 1.29 is 19.1 Å². The Hall–Kier alpha value is -5.30. The van der Waals surface area contributed by atoms with Gasteiger partial charge in [0.1, 0.15) is 17.4 Å². The number of hydrogen-bond donors (Lipinski definition) is 1. The topological polar surface area (TPSA) is 130 Å². The number of nitrogens with zero attached hydrogens (tertiary/aromatic N) is 5. The summed E-state index contributed by atoms with van der Waals surface area (Å²) in [6.45, 7) is 0.203. The molecule has 1 N–H and O–H groups in total. The van der Waals surface area contributed by atoms with Crippen LogP contribution in [0.1, 0.15) is 42.2 Å². The number of nitrogens with one attached hydrogen (secondary N) is 1. The average molecular weight is 492 g/mol. The summed E-state index contributed by atoms with van der Waals surface area (Å²) in [5.74, 6) is -0.134. The van der Waals surface area contributed by atoms with E-state index in [9.17, 15) is 19.6 Å². The van der Waals surface area contributed by atoms with Crippen LogP contribution in [0.2, 0.25) is 0 Å². The third-order valence-electron chi connectivity index (χ3n) is 6.00. The number of carbonyl (C=O) groups is 3. The molecule has 3 amide bonds. The Morgan fingerprint density at radius 1 is 1.05 bits per heavy atom. The molecule has 0 bridgehead atoms. The average Bonchev–Trinajstić information content (AvgIpc) is 3.45. The molecule has 1 aliphatic heterocycles. The molecule has 0 spiro atoms. The maximum absolute atomic E-state index is 13.1. The van der Waals surface area contributed by atoms with Crippen molar-refractivity contribution in [1.82, 2.24) is 19.7 Å². The summed E-state index contributed by atoms with van der Waals surface area (Å²) in [6, 6.07) is 18.9. The standard InChI is InChI=1S/C27H20N6O4/c1-37-20-8-5-17(6-9-20)11-13-32-26(35)21-10-7-18(14-22(21)27(32)36)25(34)31-24-19(15-28)16-30-33(24)23-4-2-3-12-29-23/h2-10,12,14,16H,11,13H2,1H3,(H,31,34). The van der Waals surface area contributed by atoms with Crippen molar-refractivity contribution in [3.05, 3.63) is 101 Å². The van der Waals surface area contributed by atoms with Crippen molar-refractivity contribution in [3.8, 4) is 17.6 Å². The number of benzene rings is 2. The molecule has 10 heteroatoms. The molecule has 0 fully saturated rings. The van der Waals surface area contributed by atoms with E-state index < -0.39 is 17.7 Å². The van der Waals surface area contributed by atoms with Gasteiger partial charge in [-0.25, -0.2) is 4.98 Å². The van der Waals surface area contributed by atoms with Gasteiger partial charge in [0.25, 0.3) is 17.7 Å². The highest BCUT2D eigenvalue weighted by Crippen LogP contribution is 2.26. The second-order valence-electron chi connectivity index (χ2n) is 8.19. The third kappa shape index (κ3) is 4.41. The molecule has 2 aromatic carbocycles. The first-order valence-electron chi connectivity index (χ1n) is 11.3. The van der Waals surface area contributed by atoms with Gasteiger partial charge in [0.05, 0.1) is 24.4 Å². The molecule has 182 valence electrons. The summed E-state index contributed by atoms with van der Waals surface area (Å²) >= 11 is 0. The molecule has 5 rings (SSSR count). The Balaban J connectivity index is 1.35. The minimum absolute atomic E-state index is 0.148. The number of fused-ring (bicyclic) bond motifs is 1. The maximum atomic E-state index is 13.1. The van der Waals surface area contributed by atoms with Crippen LogP contribution in [0.25, 0.3) is 5.82 Å². The van der Waals surface area contributed by atoms with Crippen LogP contribution in [0.15, 0.2) is 73.1 Å². The van der Waals surface area contributed by atoms with E-state index in [1.54, 1.807) is 31.5 Å². The van der Waals surface area contributed by atoms with Crippen LogP contribution < -0.4 is 10.1 Å². The lowest BCUT2D eigenvalue weighted by atomic mass is 10.1. The SMILES string of the molecule is COc1ccc(CCN2C(=O)c3ccc(C(=O)Nc4c(C#N)cnn4-c4ccccn4)cc3C2=O)cc1. The Morgan fingerprint density at radius 2 is 1.84 bits per heavy atom. The number of pyridine rings is 1. The van der Waals surface area contributed by atoms with Gasteiger partial charge in [-0.15, -0.1) is 0 Å². The molecule has 37 heavy (non-hydrogen) atoms. The second-order valence-corrected chi connectivity index (χ2v) is 8.19. The molecule has 1 aliphatic rings. The molecule has 0 saturated carbocycles. The van der Waals surface area contributed by atoms with E-state index in [1.807, 2.05) is 30.3 Å². The molecule has 10 nitrogen and oxygen atoms in total. The zero-order chi connectivity index (χ0) is 25.9. The first kappa shape index (κ1) is 23.4. The number of amides is 3. The number of nitriles is 1. The van der Waals surface area contributed by atoms with E-state index in [1.165, 1.54) is 34.0 Å². The largest absolute Gasteiger partial charge is 0.497 e. The van der Waals surface area contributed by atoms with Crippen molar-refractivity contribution in [1.29, 1.82) is 5.26 Å². The van der Waals surface area contributed by atoms with Crippen molar-refractivity contribution in [3.63, 3.8) is 0 Å². The molecule has 0 radical (unpaired) electrons. The molecule has 2 aromatic heterocycles. The highest BCUT2D eigenvalue weighted by molar-refractivity contribution is 6.22. The van der Waals surface area contributed by atoms with Crippen molar-refractivity contribution >= 4 is 23.5 Å². The minimum atomic E-state index is -0.561. The molecule has 0 aliphatic carbocycles. The summed E-state index contributed by atoms with van der Waals surface area (Å²) in [7, 11) is 1.58. The number of imide groups is 1. The van der Waals surface area contributed by atoms with E-state index in [-0.39, 0.29) is 34.6 Å². The van der Waals surface area contributed by atoms with Crippen molar-refractivity contribution in [2.75, 3.05) is 19.0 Å². The zero-order valence-corrected chi connectivity index (χ0v) is 19.7. The number of methoxy groups -OCH3 is 1. The van der Waals surface area contributed by atoms with Gasteiger partial charge in [0, 0.05) is 18.3 Å². The summed E-state index contributed by atoms with van der Waals surface area (Å²) in [4.78, 5) is 44.4. The summed E-state index contributed by atoms with van der Waals surface area (Å²) in [5.41, 5.74) is 1.67. The molecule has 4 aromatic rings. The lowest BCUT2D eigenvalue weighted by Gasteiger charge is -2.13. The number of hydrogen-bond acceptors (Lipinski definition) is 7. The first-order chi connectivity index (χ1) is 18.0. The van der Waals surface area contributed by atoms with Gasteiger partial charge in [-0.3, -0.25) is 19.3 Å². The van der Waals surface area contributed by atoms with Crippen molar-refractivity contribution in [2.24, 2.45) is 0 Å². The van der Waals surface area contributed by atoms with Crippen LogP contribution in [0, 0.1) is 11.3 Å². The van der Waals surface area contributed by atoms with Gasteiger partial charge in [0.15, 0.2) is 11.6 Å². The Labute approximate surface area is 211 Å². The minimum Gasteiger partial charge on any atom is -0.497 e. The fourth-order valence-corrected chi connectivity index (χ4v) is 4.05. The monoisotopic (exact) mass is 492 g/mol. The van der Waals surface area contributed by atoms with Crippen LogP contribution in [-0.4, -0.2) is 51.0 Å². The van der Waals surface area contributed by atoms with Gasteiger partial charge >= 0.3 is 0 Å². The summed E-state index contributed by atoms with van der Waals surface area (Å²) < 4.78 is 6.50. The quantitative estimate of drug-likeness (QED) is 0.392. The number of rotatable bonds is 7. The third-order valence-corrected chi connectivity index (χ3v) is 6.00. The normalized spacial score (nSPS) is 12.3. The lowest BCUT2D eigenvalue weighted by Crippen LogP contribution is -2.31. The molecule has 3 heterocycles.